The molecule has 0 unspecified atom stereocenters. The third kappa shape index (κ3) is 2.84. The first-order valence-corrected chi connectivity index (χ1v) is 5.00. The number of aromatic nitrogens is 2. The lowest BCUT2D eigenvalue weighted by molar-refractivity contribution is 0.609. The van der Waals surface area contributed by atoms with Gasteiger partial charge in [-0.1, -0.05) is 0 Å². The number of anilines is 1. The van der Waals surface area contributed by atoms with Crippen molar-refractivity contribution in [3.05, 3.63) is 12.3 Å². The van der Waals surface area contributed by atoms with E-state index >= 15 is 0 Å². The molecule has 0 atom stereocenters. The van der Waals surface area contributed by atoms with Crippen LogP contribution < -0.4 is 5.73 Å². The van der Waals surface area contributed by atoms with E-state index in [1.54, 1.807) is 0 Å². The van der Waals surface area contributed by atoms with Crippen molar-refractivity contribution in [3.63, 3.8) is 0 Å². The highest BCUT2D eigenvalue weighted by atomic mass is 32.2. The molecule has 1 aromatic rings. The number of rotatable bonds is 4. The van der Waals surface area contributed by atoms with E-state index in [1.165, 1.54) is 5.75 Å². The maximum absolute atomic E-state index is 5.45. The maximum Gasteiger partial charge on any atom is 0.145 e. The Labute approximate surface area is 71.0 Å². The summed E-state index contributed by atoms with van der Waals surface area (Å²) in [4.78, 5) is 0. The molecule has 0 aromatic carbocycles. The molecule has 1 heterocycles. The minimum absolute atomic E-state index is 0.606. The number of hydrogen-bond acceptors (Lipinski definition) is 3. The van der Waals surface area contributed by atoms with Crippen molar-refractivity contribution in [1.82, 2.24) is 9.78 Å². The lowest BCUT2D eigenvalue weighted by atomic mass is 10.5. The molecule has 0 fully saturated rings. The molecule has 0 aliphatic heterocycles. The van der Waals surface area contributed by atoms with E-state index in [9.17, 15) is 0 Å². The first-order chi connectivity index (χ1) is 5.33. The minimum Gasteiger partial charge on any atom is -0.382 e. The van der Waals surface area contributed by atoms with Gasteiger partial charge in [0.2, 0.25) is 0 Å². The highest BCUT2D eigenvalue weighted by Crippen LogP contribution is 2.00. The molecule has 0 saturated carbocycles. The molecule has 11 heavy (non-hydrogen) atoms. The van der Waals surface area contributed by atoms with E-state index in [1.807, 2.05) is 28.7 Å². The summed E-state index contributed by atoms with van der Waals surface area (Å²) in [5, 5.41) is 4.07. The van der Waals surface area contributed by atoms with Gasteiger partial charge in [-0.15, -0.1) is 0 Å². The largest absolute Gasteiger partial charge is 0.382 e. The topological polar surface area (TPSA) is 43.8 Å². The summed E-state index contributed by atoms with van der Waals surface area (Å²) in [6, 6.07) is 1.82. The van der Waals surface area contributed by atoms with Crippen molar-refractivity contribution in [3.8, 4) is 0 Å². The van der Waals surface area contributed by atoms with E-state index in [2.05, 4.69) is 11.4 Å². The Bertz CT molecular complexity index is 209. The second-order valence-electron chi connectivity index (χ2n) is 2.35. The molecule has 1 aromatic heterocycles. The van der Waals surface area contributed by atoms with Gasteiger partial charge >= 0.3 is 0 Å². The van der Waals surface area contributed by atoms with Crippen LogP contribution in [0.1, 0.15) is 6.42 Å². The Balaban J connectivity index is 2.27. The zero-order chi connectivity index (χ0) is 8.10. The van der Waals surface area contributed by atoms with Crippen LogP contribution in [-0.2, 0) is 6.54 Å². The Morgan fingerprint density at radius 3 is 3.09 bits per heavy atom. The van der Waals surface area contributed by atoms with Crippen molar-refractivity contribution in [2.75, 3.05) is 17.7 Å². The standard InChI is InChI=1S/C7H13N3S/c1-11-6-2-4-10-5-3-7(8)9-10/h3,5H,2,4,6H2,1H3,(H2,8,9). The van der Waals surface area contributed by atoms with Gasteiger partial charge in [0.05, 0.1) is 0 Å². The fourth-order valence-electron chi connectivity index (χ4n) is 0.873. The van der Waals surface area contributed by atoms with Gasteiger partial charge in [0.15, 0.2) is 0 Å². The molecule has 0 aliphatic carbocycles. The number of thioether (sulfide) groups is 1. The van der Waals surface area contributed by atoms with Crippen molar-refractivity contribution in [1.29, 1.82) is 0 Å². The Hall–Kier alpha value is -0.640. The second-order valence-corrected chi connectivity index (χ2v) is 3.34. The number of nitrogens with two attached hydrogens (primary N) is 1. The lowest BCUT2D eigenvalue weighted by Gasteiger charge is -1.98. The fourth-order valence-corrected chi connectivity index (χ4v) is 1.29. The second kappa shape index (κ2) is 4.28. The highest BCUT2D eigenvalue weighted by molar-refractivity contribution is 7.98. The number of nitrogens with zero attached hydrogens (tertiary/aromatic N) is 2. The van der Waals surface area contributed by atoms with E-state index in [0.29, 0.717) is 5.82 Å². The smallest absolute Gasteiger partial charge is 0.145 e. The molecule has 62 valence electrons. The van der Waals surface area contributed by atoms with Crippen LogP contribution in [0, 0.1) is 0 Å². The van der Waals surface area contributed by atoms with Gasteiger partial charge in [0.1, 0.15) is 5.82 Å². The highest BCUT2D eigenvalue weighted by Gasteiger charge is 1.92. The minimum atomic E-state index is 0.606. The lowest BCUT2D eigenvalue weighted by Crippen LogP contribution is -2.00. The molecule has 4 heteroatoms. The summed E-state index contributed by atoms with van der Waals surface area (Å²) in [6.45, 7) is 0.970. The molecule has 0 radical (unpaired) electrons. The van der Waals surface area contributed by atoms with Crippen molar-refractivity contribution >= 4 is 17.6 Å². The molecule has 0 amide bonds. The Kier molecular flexibility index (Phi) is 3.29. The summed E-state index contributed by atoms with van der Waals surface area (Å²) in [6.07, 6.45) is 5.18. The average molecular weight is 171 g/mol. The van der Waals surface area contributed by atoms with Crippen LogP contribution in [0.15, 0.2) is 12.3 Å². The fraction of sp³-hybridized carbons (Fsp3) is 0.571. The van der Waals surface area contributed by atoms with Crippen LogP contribution in [0.3, 0.4) is 0 Å². The average Bonchev–Trinajstić information content (AvgIpc) is 2.37. The van der Waals surface area contributed by atoms with Gasteiger partial charge in [0, 0.05) is 12.7 Å². The molecule has 1 rings (SSSR count). The molecular formula is C7H13N3S. The molecule has 3 nitrogen and oxygen atoms in total. The van der Waals surface area contributed by atoms with Gasteiger partial charge in [-0.05, 0) is 24.5 Å². The molecule has 0 aliphatic rings. The number of nitrogen functional groups attached to an aromatic ring is 1. The van der Waals surface area contributed by atoms with Crippen molar-refractivity contribution in [2.45, 2.75) is 13.0 Å². The Morgan fingerprint density at radius 2 is 2.55 bits per heavy atom. The summed E-state index contributed by atoms with van der Waals surface area (Å²) in [5.74, 6) is 1.79. The van der Waals surface area contributed by atoms with Gasteiger partial charge in [-0.2, -0.15) is 16.9 Å². The van der Waals surface area contributed by atoms with Crippen LogP contribution in [0.25, 0.3) is 0 Å². The molecule has 0 bridgehead atoms. The van der Waals surface area contributed by atoms with Crippen LogP contribution in [0.2, 0.25) is 0 Å². The Morgan fingerprint density at radius 1 is 1.73 bits per heavy atom. The van der Waals surface area contributed by atoms with Crippen molar-refractivity contribution in [2.24, 2.45) is 0 Å². The zero-order valence-electron chi connectivity index (χ0n) is 6.66. The first kappa shape index (κ1) is 8.46. The SMILES string of the molecule is CSCCCn1ccc(N)n1. The van der Waals surface area contributed by atoms with E-state index in [0.717, 1.165) is 13.0 Å². The van der Waals surface area contributed by atoms with Crippen LogP contribution in [0.5, 0.6) is 0 Å². The van der Waals surface area contributed by atoms with Gasteiger partial charge in [-0.3, -0.25) is 4.68 Å². The summed E-state index contributed by atoms with van der Waals surface area (Å²) in [7, 11) is 0. The normalized spacial score (nSPS) is 10.3. The van der Waals surface area contributed by atoms with Crippen molar-refractivity contribution < 1.29 is 0 Å². The first-order valence-electron chi connectivity index (χ1n) is 3.61. The molecule has 2 N–H and O–H groups in total. The monoisotopic (exact) mass is 171 g/mol. The van der Waals surface area contributed by atoms with Gasteiger partial charge < -0.3 is 5.73 Å². The van der Waals surface area contributed by atoms with Crippen LogP contribution in [0.4, 0.5) is 5.82 Å². The van der Waals surface area contributed by atoms with Crippen LogP contribution >= 0.6 is 11.8 Å². The predicted octanol–water partition coefficient (Wildman–Crippen LogP) is 1.22. The molecular weight excluding hydrogens is 158 g/mol. The molecule has 0 spiro atoms. The van der Waals surface area contributed by atoms with E-state index in [4.69, 9.17) is 5.73 Å². The number of aryl methyl sites for hydroxylation is 1. The maximum atomic E-state index is 5.45. The van der Waals surface area contributed by atoms with E-state index < -0.39 is 0 Å². The molecule has 0 saturated heterocycles. The van der Waals surface area contributed by atoms with E-state index in [-0.39, 0.29) is 0 Å². The third-order valence-corrected chi connectivity index (χ3v) is 2.09. The number of hydrogen-bond donors (Lipinski definition) is 1. The quantitative estimate of drug-likeness (QED) is 0.693. The summed E-state index contributed by atoms with van der Waals surface area (Å²) < 4.78 is 1.88. The predicted molar refractivity (Wildman–Crippen MR) is 49.6 cm³/mol. The van der Waals surface area contributed by atoms with Gasteiger partial charge in [-0.25, -0.2) is 0 Å². The van der Waals surface area contributed by atoms with Gasteiger partial charge in [0.25, 0.3) is 0 Å². The van der Waals surface area contributed by atoms with Crippen LogP contribution in [-0.4, -0.2) is 21.8 Å². The zero-order valence-corrected chi connectivity index (χ0v) is 7.47. The summed E-state index contributed by atoms with van der Waals surface area (Å²) >= 11 is 1.86. The third-order valence-electron chi connectivity index (χ3n) is 1.40. The summed E-state index contributed by atoms with van der Waals surface area (Å²) in [5.41, 5.74) is 5.45.